The Labute approximate surface area is 77.0 Å². The van der Waals surface area contributed by atoms with Gasteiger partial charge in [-0.3, -0.25) is 4.90 Å². The number of hydrogen-bond donors (Lipinski definition) is 0. The van der Waals surface area contributed by atoms with Crippen molar-refractivity contribution in [3.05, 3.63) is 0 Å². The van der Waals surface area contributed by atoms with Crippen LogP contribution < -0.4 is 0 Å². The molecule has 0 aromatic carbocycles. The third-order valence-electron chi connectivity index (χ3n) is 1.54. The number of ether oxygens (including phenoxy) is 1. The van der Waals surface area contributed by atoms with E-state index in [4.69, 9.17) is 4.74 Å². The largest absolute Gasteiger partial charge is 0.385 e. The van der Waals surface area contributed by atoms with Gasteiger partial charge in [0.1, 0.15) is 0 Å². The van der Waals surface area contributed by atoms with Crippen molar-refractivity contribution in [2.75, 3.05) is 37.1 Å². The summed E-state index contributed by atoms with van der Waals surface area (Å²) in [4.78, 5) is 2.47. The van der Waals surface area contributed by atoms with Gasteiger partial charge in [-0.15, -0.1) is 23.5 Å². The van der Waals surface area contributed by atoms with E-state index in [0.29, 0.717) is 0 Å². The molecule has 0 N–H and O–H groups in total. The van der Waals surface area contributed by atoms with E-state index in [1.807, 2.05) is 23.5 Å². The van der Waals surface area contributed by atoms with Crippen LogP contribution >= 0.6 is 23.5 Å². The van der Waals surface area contributed by atoms with Crippen LogP contribution in [0.1, 0.15) is 6.42 Å². The maximum Gasteiger partial charge on any atom is 0.0474 e. The van der Waals surface area contributed by atoms with Crippen LogP contribution in [-0.4, -0.2) is 42.0 Å². The van der Waals surface area contributed by atoms with Crippen LogP contribution in [0.4, 0.5) is 0 Å². The fourth-order valence-electron chi connectivity index (χ4n) is 0.991. The Bertz CT molecular complexity index is 96.4. The summed E-state index contributed by atoms with van der Waals surface area (Å²) in [6.45, 7) is 2.08. The standard InChI is InChI=1S/C7H15NOS2/c1-9-4-2-3-8-5-10-7-11-6-8/h2-7H2,1H3. The minimum Gasteiger partial charge on any atom is -0.385 e. The molecule has 0 saturated carbocycles. The second kappa shape index (κ2) is 6.17. The zero-order valence-electron chi connectivity index (χ0n) is 6.91. The van der Waals surface area contributed by atoms with Crippen molar-refractivity contribution in [1.82, 2.24) is 4.90 Å². The maximum absolute atomic E-state index is 4.99. The molecule has 1 saturated heterocycles. The van der Waals surface area contributed by atoms with Crippen LogP contribution in [0, 0.1) is 0 Å². The Morgan fingerprint density at radius 2 is 2.09 bits per heavy atom. The molecule has 0 amide bonds. The van der Waals surface area contributed by atoms with Crippen LogP contribution in [0.3, 0.4) is 0 Å². The van der Waals surface area contributed by atoms with Gasteiger partial charge in [0, 0.05) is 37.1 Å². The van der Waals surface area contributed by atoms with E-state index in [2.05, 4.69) is 4.90 Å². The van der Waals surface area contributed by atoms with Gasteiger partial charge in [-0.1, -0.05) is 0 Å². The van der Waals surface area contributed by atoms with E-state index in [0.717, 1.165) is 13.0 Å². The first-order valence-electron chi connectivity index (χ1n) is 3.80. The second-order valence-electron chi connectivity index (χ2n) is 2.53. The lowest BCUT2D eigenvalue weighted by molar-refractivity contribution is 0.182. The zero-order valence-corrected chi connectivity index (χ0v) is 8.55. The molecule has 0 radical (unpaired) electrons. The molecular weight excluding hydrogens is 178 g/mol. The van der Waals surface area contributed by atoms with Crippen molar-refractivity contribution in [3.8, 4) is 0 Å². The first-order valence-corrected chi connectivity index (χ1v) is 6.11. The third-order valence-corrected chi connectivity index (χ3v) is 3.97. The van der Waals surface area contributed by atoms with Gasteiger partial charge in [0.15, 0.2) is 0 Å². The van der Waals surface area contributed by atoms with Crippen molar-refractivity contribution in [2.24, 2.45) is 0 Å². The zero-order chi connectivity index (χ0) is 7.94. The van der Waals surface area contributed by atoms with E-state index in [1.54, 1.807) is 7.11 Å². The predicted molar refractivity (Wildman–Crippen MR) is 53.0 cm³/mol. The topological polar surface area (TPSA) is 12.5 Å². The Morgan fingerprint density at radius 1 is 1.36 bits per heavy atom. The summed E-state index contributed by atoms with van der Waals surface area (Å²) in [5.41, 5.74) is 0. The van der Waals surface area contributed by atoms with Gasteiger partial charge < -0.3 is 4.74 Å². The van der Waals surface area contributed by atoms with Crippen molar-refractivity contribution in [3.63, 3.8) is 0 Å². The monoisotopic (exact) mass is 193 g/mol. The number of methoxy groups -OCH3 is 1. The average Bonchev–Trinajstić information content (AvgIpc) is 2.07. The number of nitrogens with zero attached hydrogens (tertiary/aromatic N) is 1. The highest BCUT2D eigenvalue weighted by atomic mass is 32.2. The molecule has 0 atom stereocenters. The Morgan fingerprint density at radius 3 is 2.73 bits per heavy atom. The first kappa shape index (κ1) is 9.71. The highest BCUT2D eigenvalue weighted by Crippen LogP contribution is 2.21. The Kier molecular flexibility index (Phi) is 5.45. The van der Waals surface area contributed by atoms with Crippen LogP contribution in [0.2, 0.25) is 0 Å². The lowest BCUT2D eigenvalue weighted by Crippen LogP contribution is -2.27. The van der Waals surface area contributed by atoms with Crippen LogP contribution in [0.25, 0.3) is 0 Å². The van der Waals surface area contributed by atoms with E-state index in [1.165, 1.54) is 23.4 Å². The van der Waals surface area contributed by atoms with Gasteiger partial charge in [-0.05, 0) is 6.42 Å². The summed E-state index contributed by atoms with van der Waals surface area (Å²) >= 11 is 4.02. The highest BCUT2D eigenvalue weighted by Gasteiger charge is 2.08. The minimum absolute atomic E-state index is 0.895. The molecule has 4 heteroatoms. The Balaban J connectivity index is 1.96. The molecule has 1 heterocycles. The van der Waals surface area contributed by atoms with E-state index in [-0.39, 0.29) is 0 Å². The molecule has 2 nitrogen and oxygen atoms in total. The first-order chi connectivity index (χ1) is 5.43. The fraction of sp³-hybridized carbons (Fsp3) is 1.00. The normalized spacial score (nSPS) is 20.5. The molecule has 1 rings (SSSR count). The van der Waals surface area contributed by atoms with Gasteiger partial charge in [0.25, 0.3) is 0 Å². The quantitative estimate of drug-likeness (QED) is 0.629. The predicted octanol–water partition coefficient (Wildman–Crippen LogP) is 1.68. The lowest BCUT2D eigenvalue weighted by Gasteiger charge is -2.25. The van der Waals surface area contributed by atoms with Crippen molar-refractivity contribution in [1.29, 1.82) is 0 Å². The fourth-order valence-corrected chi connectivity index (χ4v) is 3.13. The molecule has 11 heavy (non-hydrogen) atoms. The maximum atomic E-state index is 4.99. The molecule has 1 fully saturated rings. The molecule has 0 bridgehead atoms. The lowest BCUT2D eigenvalue weighted by atomic mass is 10.4. The number of hydrogen-bond acceptors (Lipinski definition) is 4. The van der Waals surface area contributed by atoms with Gasteiger partial charge in [0.2, 0.25) is 0 Å². The molecule has 0 aromatic heterocycles. The molecule has 0 aliphatic carbocycles. The van der Waals surface area contributed by atoms with Crippen LogP contribution in [0.5, 0.6) is 0 Å². The molecule has 0 aromatic rings. The Hall–Kier alpha value is 0.620. The number of rotatable bonds is 4. The van der Waals surface area contributed by atoms with Gasteiger partial charge in [0.05, 0.1) is 0 Å². The molecule has 1 aliphatic heterocycles. The summed E-state index contributed by atoms with van der Waals surface area (Å²) in [7, 11) is 1.76. The third kappa shape index (κ3) is 4.25. The molecule has 0 spiro atoms. The minimum atomic E-state index is 0.895. The van der Waals surface area contributed by atoms with E-state index >= 15 is 0 Å². The number of thioether (sulfide) groups is 2. The van der Waals surface area contributed by atoms with Gasteiger partial charge >= 0.3 is 0 Å². The summed E-state index contributed by atoms with van der Waals surface area (Å²) in [6.07, 6.45) is 1.16. The van der Waals surface area contributed by atoms with E-state index < -0.39 is 0 Å². The summed E-state index contributed by atoms with van der Waals surface area (Å²) in [6, 6.07) is 0. The molecule has 0 unspecified atom stereocenters. The SMILES string of the molecule is COCCCN1CSCSC1. The summed E-state index contributed by atoms with van der Waals surface area (Å²) in [5.74, 6) is 2.41. The molecule has 1 aliphatic rings. The second-order valence-corrected chi connectivity index (χ2v) is 4.80. The van der Waals surface area contributed by atoms with Gasteiger partial charge in [-0.2, -0.15) is 0 Å². The summed E-state index contributed by atoms with van der Waals surface area (Å²) in [5, 5.41) is 1.26. The van der Waals surface area contributed by atoms with Crippen molar-refractivity contribution >= 4 is 23.5 Å². The smallest absolute Gasteiger partial charge is 0.0474 e. The highest BCUT2D eigenvalue weighted by molar-refractivity contribution is 8.16. The molecule has 66 valence electrons. The van der Waals surface area contributed by atoms with Crippen molar-refractivity contribution in [2.45, 2.75) is 6.42 Å². The summed E-state index contributed by atoms with van der Waals surface area (Å²) < 4.78 is 4.99. The van der Waals surface area contributed by atoms with Crippen LogP contribution in [0.15, 0.2) is 0 Å². The van der Waals surface area contributed by atoms with Crippen molar-refractivity contribution < 1.29 is 4.74 Å². The van der Waals surface area contributed by atoms with Crippen LogP contribution in [-0.2, 0) is 4.74 Å². The molecular formula is C7H15NOS2. The van der Waals surface area contributed by atoms with E-state index in [9.17, 15) is 0 Å². The average molecular weight is 193 g/mol. The van der Waals surface area contributed by atoms with Gasteiger partial charge in [-0.25, -0.2) is 0 Å².